The van der Waals surface area contributed by atoms with E-state index in [1.165, 1.54) is 21.0 Å². The van der Waals surface area contributed by atoms with E-state index < -0.39 is 41.1 Å². The van der Waals surface area contributed by atoms with Crippen molar-refractivity contribution in [2.45, 2.75) is 38.7 Å². The highest BCUT2D eigenvalue weighted by molar-refractivity contribution is 5.71. The molecule has 0 amide bonds. The van der Waals surface area contributed by atoms with E-state index in [2.05, 4.69) is 10.4 Å². The Balaban J connectivity index is 2.26. The van der Waals surface area contributed by atoms with Crippen molar-refractivity contribution in [2.24, 2.45) is 0 Å². The molecule has 2 N–H and O–H groups in total. The second-order valence-corrected chi connectivity index (χ2v) is 6.60. The highest BCUT2D eigenvalue weighted by atomic mass is 19.4. The summed E-state index contributed by atoms with van der Waals surface area (Å²) in [6.07, 6.45) is -5.11. The van der Waals surface area contributed by atoms with Crippen LogP contribution in [-0.4, -0.2) is 46.7 Å². The van der Waals surface area contributed by atoms with Gasteiger partial charge >= 0.3 is 12.1 Å². The Morgan fingerprint density at radius 3 is 2.43 bits per heavy atom. The van der Waals surface area contributed by atoms with Gasteiger partial charge in [-0.05, 0) is 31.5 Å². The van der Waals surface area contributed by atoms with E-state index in [0.29, 0.717) is 11.3 Å². The van der Waals surface area contributed by atoms with Gasteiger partial charge in [0.25, 0.3) is 5.56 Å². The predicted molar refractivity (Wildman–Crippen MR) is 102 cm³/mol. The number of hydrogen-bond donors (Lipinski definition) is 2. The Hall–Kier alpha value is -3.08. The minimum atomic E-state index is -4.92. The van der Waals surface area contributed by atoms with Gasteiger partial charge in [0.05, 0.1) is 32.1 Å². The lowest BCUT2D eigenvalue weighted by molar-refractivity contribution is -0.149. The molecule has 0 spiro atoms. The standard InChI is InChI=1S/C19H22F3N3O5/c1-11(10-30-12(2)18(27)28)24-15-8-23-25(17(26)16(15)19(20,21)22)9-13-4-6-14(29-3)7-5-13/h4-8,11-12,24H,9-10H2,1-3H3,(H,27,28). The number of ether oxygens (including phenoxy) is 2. The molecule has 0 fully saturated rings. The summed E-state index contributed by atoms with van der Waals surface area (Å²) in [6, 6.07) is 5.79. The van der Waals surface area contributed by atoms with Gasteiger partial charge in [0.1, 0.15) is 11.3 Å². The van der Waals surface area contributed by atoms with E-state index in [4.69, 9.17) is 14.6 Å². The second-order valence-electron chi connectivity index (χ2n) is 6.60. The van der Waals surface area contributed by atoms with Gasteiger partial charge in [0, 0.05) is 6.04 Å². The number of alkyl halides is 3. The Morgan fingerprint density at radius 1 is 1.27 bits per heavy atom. The van der Waals surface area contributed by atoms with E-state index in [9.17, 15) is 22.8 Å². The fourth-order valence-electron chi connectivity index (χ4n) is 2.56. The topological polar surface area (TPSA) is 103 Å². The first-order chi connectivity index (χ1) is 14.0. The van der Waals surface area contributed by atoms with Crippen molar-refractivity contribution in [2.75, 3.05) is 19.0 Å². The summed E-state index contributed by atoms with van der Waals surface area (Å²) >= 11 is 0. The van der Waals surface area contributed by atoms with Crippen LogP contribution in [0.5, 0.6) is 5.75 Å². The highest BCUT2D eigenvalue weighted by Gasteiger charge is 2.38. The van der Waals surface area contributed by atoms with E-state index in [1.807, 2.05) is 0 Å². The van der Waals surface area contributed by atoms with Crippen molar-refractivity contribution in [3.63, 3.8) is 0 Å². The fraction of sp³-hybridized carbons (Fsp3) is 0.421. The summed E-state index contributed by atoms with van der Waals surface area (Å²) in [6.45, 7) is 2.47. The monoisotopic (exact) mass is 429 g/mol. The minimum Gasteiger partial charge on any atom is -0.497 e. The third-order valence-corrected chi connectivity index (χ3v) is 4.16. The molecule has 0 aliphatic carbocycles. The molecule has 0 aliphatic heterocycles. The number of aliphatic carboxylic acids is 1. The van der Waals surface area contributed by atoms with Crippen molar-refractivity contribution in [3.05, 3.63) is 51.9 Å². The number of nitrogens with one attached hydrogen (secondary N) is 1. The first kappa shape index (κ1) is 23.2. The minimum absolute atomic E-state index is 0.152. The third kappa shape index (κ3) is 5.96. The van der Waals surface area contributed by atoms with Gasteiger partial charge < -0.3 is 19.9 Å². The Labute approximate surface area is 170 Å². The molecule has 8 nitrogen and oxygen atoms in total. The zero-order chi connectivity index (χ0) is 22.5. The van der Waals surface area contributed by atoms with Crippen LogP contribution in [0.3, 0.4) is 0 Å². The molecule has 1 heterocycles. The van der Waals surface area contributed by atoms with Crippen molar-refractivity contribution < 1.29 is 32.5 Å². The van der Waals surface area contributed by atoms with Gasteiger partial charge in [-0.1, -0.05) is 12.1 Å². The number of methoxy groups -OCH3 is 1. The van der Waals surface area contributed by atoms with E-state index >= 15 is 0 Å². The van der Waals surface area contributed by atoms with Gasteiger partial charge in [-0.15, -0.1) is 0 Å². The average Bonchev–Trinajstić information content (AvgIpc) is 2.67. The number of aromatic nitrogens is 2. The smallest absolute Gasteiger partial charge is 0.423 e. The molecule has 30 heavy (non-hydrogen) atoms. The lowest BCUT2D eigenvalue weighted by Crippen LogP contribution is -2.34. The first-order valence-corrected chi connectivity index (χ1v) is 8.94. The van der Waals surface area contributed by atoms with E-state index in [0.717, 1.165) is 10.9 Å². The third-order valence-electron chi connectivity index (χ3n) is 4.16. The van der Waals surface area contributed by atoms with Crippen LogP contribution in [0.15, 0.2) is 35.3 Å². The molecular formula is C19H22F3N3O5. The van der Waals surface area contributed by atoms with Crippen LogP contribution in [0, 0.1) is 0 Å². The summed E-state index contributed by atoms with van der Waals surface area (Å²) in [5, 5.41) is 15.2. The number of benzene rings is 1. The van der Waals surface area contributed by atoms with Gasteiger partial charge in [0.15, 0.2) is 6.10 Å². The maximum Gasteiger partial charge on any atom is 0.423 e. The van der Waals surface area contributed by atoms with Gasteiger partial charge in [-0.2, -0.15) is 18.3 Å². The molecule has 1 aromatic heterocycles. The zero-order valence-corrected chi connectivity index (χ0v) is 16.6. The summed E-state index contributed by atoms with van der Waals surface area (Å²) < 4.78 is 51.6. The second kappa shape index (κ2) is 9.61. The molecule has 2 unspecified atom stereocenters. The molecule has 2 aromatic rings. The van der Waals surface area contributed by atoms with Crippen molar-refractivity contribution in [1.29, 1.82) is 0 Å². The normalized spacial score (nSPS) is 13.5. The van der Waals surface area contributed by atoms with Crippen molar-refractivity contribution in [3.8, 4) is 5.75 Å². The van der Waals surface area contributed by atoms with Crippen LogP contribution in [0.2, 0.25) is 0 Å². The highest BCUT2D eigenvalue weighted by Crippen LogP contribution is 2.32. The number of carbonyl (C=O) groups is 1. The lowest BCUT2D eigenvalue weighted by atomic mass is 10.2. The van der Waals surface area contributed by atoms with Gasteiger partial charge in [-0.3, -0.25) is 4.79 Å². The number of hydrogen-bond acceptors (Lipinski definition) is 6. The van der Waals surface area contributed by atoms with Crippen LogP contribution in [0.1, 0.15) is 25.0 Å². The van der Waals surface area contributed by atoms with Crippen LogP contribution in [0.4, 0.5) is 18.9 Å². The Kier molecular flexibility index (Phi) is 7.43. The Bertz CT molecular complexity index is 928. The van der Waals surface area contributed by atoms with Crippen molar-refractivity contribution >= 4 is 11.7 Å². The van der Waals surface area contributed by atoms with Gasteiger partial charge in [0.2, 0.25) is 0 Å². The number of anilines is 1. The van der Waals surface area contributed by atoms with Crippen LogP contribution >= 0.6 is 0 Å². The van der Waals surface area contributed by atoms with Crippen LogP contribution in [0.25, 0.3) is 0 Å². The molecule has 1 aromatic carbocycles. The quantitative estimate of drug-likeness (QED) is 0.632. The molecule has 0 saturated heterocycles. The summed E-state index contributed by atoms with van der Waals surface area (Å²) in [5.74, 6) is -0.621. The molecular weight excluding hydrogens is 407 g/mol. The first-order valence-electron chi connectivity index (χ1n) is 8.94. The maximum absolute atomic E-state index is 13.6. The number of rotatable bonds is 9. The zero-order valence-electron chi connectivity index (χ0n) is 16.6. The summed E-state index contributed by atoms with van der Waals surface area (Å²) in [5.41, 5.74) is -2.61. The van der Waals surface area contributed by atoms with E-state index in [1.54, 1.807) is 24.3 Å². The number of carboxylic acids is 1. The molecule has 11 heteroatoms. The molecule has 0 saturated carbocycles. The van der Waals surface area contributed by atoms with Crippen LogP contribution in [-0.2, 0) is 22.3 Å². The lowest BCUT2D eigenvalue weighted by Gasteiger charge is -2.20. The maximum atomic E-state index is 13.6. The van der Waals surface area contributed by atoms with Crippen LogP contribution < -0.4 is 15.6 Å². The van der Waals surface area contributed by atoms with E-state index in [-0.39, 0.29) is 13.2 Å². The predicted octanol–water partition coefficient (Wildman–Crippen LogP) is 2.61. The number of nitrogens with zero attached hydrogens (tertiary/aromatic N) is 2. The fourth-order valence-corrected chi connectivity index (χ4v) is 2.56. The molecule has 0 aliphatic rings. The molecule has 2 rings (SSSR count). The van der Waals surface area contributed by atoms with Gasteiger partial charge in [-0.25, -0.2) is 9.48 Å². The summed E-state index contributed by atoms with van der Waals surface area (Å²) in [7, 11) is 1.48. The number of carboxylic acid groups (broad SMARTS) is 1. The largest absolute Gasteiger partial charge is 0.497 e. The molecule has 164 valence electrons. The van der Waals surface area contributed by atoms with Crippen molar-refractivity contribution in [1.82, 2.24) is 9.78 Å². The molecule has 0 bridgehead atoms. The molecule has 0 radical (unpaired) electrons. The summed E-state index contributed by atoms with van der Waals surface area (Å²) in [4.78, 5) is 23.3. The molecule has 2 atom stereocenters. The SMILES string of the molecule is COc1ccc(Cn2ncc(NC(C)COC(C)C(=O)O)c(C(F)(F)F)c2=O)cc1. The number of halogens is 3. The average molecular weight is 429 g/mol. The Morgan fingerprint density at radius 2 is 1.90 bits per heavy atom.